The second-order valence-corrected chi connectivity index (χ2v) is 4.34. The molecule has 0 fully saturated rings. The van der Waals surface area contributed by atoms with Gasteiger partial charge in [0.15, 0.2) is 0 Å². The number of hydrogen-bond donors (Lipinski definition) is 0. The van der Waals surface area contributed by atoms with Gasteiger partial charge in [-0.05, 0) is 25.0 Å². The van der Waals surface area contributed by atoms with Crippen LogP contribution in [0.4, 0.5) is 4.39 Å². The van der Waals surface area contributed by atoms with E-state index in [4.69, 9.17) is 0 Å². The molecule has 3 heteroatoms. The lowest BCUT2D eigenvalue weighted by atomic mass is 10.1. The van der Waals surface area contributed by atoms with Gasteiger partial charge in [-0.2, -0.15) is 0 Å². The van der Waals surface area contributed by atoms with E-state index in [-0.39, 0.29) is 11.5 Å². The summed E-state index contributed by atoms with van der Waals surface area (Å²) in [6, 6.07) is 6.14. The molecule has 0 saturated carbocycles. The average molecular weight is 237 g/mol. The van der Waals surface area contributed by atoms with Crippen molar-refractivity contribution in [3.63, 3.8) is 0 Å². The Balaban J connectivity index is 2.83. The van der Waals surface area contributed by atoms with E-state index in [9.17, 15) is 9.18 Å². The van der Waals surface area contributed by atoms with Crippen molar-refractivity contribution in [3.8, 4) is 0 Å². The Morgan fingerprint density at radius 2 is 2.00 bits per heavy atom. The van der Waals surface area contributed by atoms with Crippen LogP contribution in [0.25, 0.3) is 0 Å². The van der Waals surface area contributed by atoms with Crippen molar-refractivity contribution in [1.82, 2.24) is 4.90 Å². The molecular weight excluding hydrogens is 217 g/mol. The normalized spacial score (nSPS) is 12.2. The maximum Gasteiger partial charge on any atom is 0.256 e. The van der Waals surface area contributed by atoms with Crippen LogP contribution in [0.3, 0.4) is 0 Å². The van der Waals surface area contributed by atoms with Gasteiger partial charge in [0.25, 0.3) is 5.91 Å². The van der Waals surface area contributed by atoms with Crippen LogP contribution in [0.2, 0.25) is 0 Å². The number of amides is 1. The molecule has 94 valence electrons. The van der Waals surface area contributed by atoms with Crippen molar-refractivity contribution in [2.75, 3.05) is 13.1 Å². The Kier molecular flexibility index (Phi) is 5.13. The minimum absolute atomic E-state index is 0.164. The van der Waals surface area contributed by atoms with Crippen molar-refractivity contribution in [2.45, 2.75) is 27.2 Å². The lowest BCUT2D eigenvalue weighted by Gasteiger charge is -2.24. The molecule has 0 spiro atoms. The highest BCUT2D eigenvalue weighted by Gasteiger charge is 2.18. The summed E-state index contributed by atoms with van der Waals surface area (Å²) < 4.78 is 13.5. The summed E-state index contributed by atoms with van der Waals surface area (Å²) in [5.41, 5.74) is 0.164. The first-order valence-electron chi connectivity index (χ1n) is 6.13. The second kappa shape index (κ2) is 6.38. The summed E-state index contributed by atoms with van der Waals surface area (Å²) >= 11 is 0. The minimum atomic E-state index is -0.444. The molecule has 0 aliphatic heterocycles. The summed E-state index contributed by atoms with van der Waals surface area (Å²) in [5.74, 6) is -0.225. The molecule has 1 atom stereocenters. The fraction of sp³-hybridized carbons (Fsp3) is 0.500. The average Bonchev–Trinajstić information content (AvgIpc) is 2.35. The number of nitrogens with zero attached hydrogens (tertiary/aromatic N) is 1. The summed E-state index contributed by atoms with van der Waals surface area (Å²) in [4.78, 5) is 13.8. The van der Waals surface area contributed by atoms with Crippen LogP contribution in [-0.4, -0.2) is 23.9 Å². The predicted molar refractivity (Wildman–Crippen MR) is 67.4 cm³/mol. The lowest BCUT2D eigenvalue weighted by Crippen LogP contribution is -2.35. The topological polar surface area (TPSA) is 20.3 Å². The van der Waals surface area contributed by atoms with Crippen LogP contribution in [-0.2, 0) is 0 Å². The largest absolute Gasteiger partial charge is 0.339 e. The van der Waals surface area contributed by atoms with E-state index in [0.717, 1.165) is 6.42 Å². The number of hydrogen-bond acceptors (Lipinski definition) is 1. The van der Waals surface area contributed by atoms with Crippen molar-refractivity contribution in [3.05, 3.63) is 35.6 Å². The molecule has 17 heavy (non-hydrogen) atoms. The maximum atomic E-state index is 13.5. The highest BCUT2D eigenvalue weighted by molar-refractivity contribution is 5.94. The third-order valence-corrected chi connectivity index (χ3v) is 3.00. The van der Waals surface area contributed by atoms with Crippen molar-refractivity contribution in [2.24, 2.45) is 5.92 Å². The Morgan fingerprint density at radius 3 is 2.53 bits per heavy atom. The molecule has 1 unspecified atom stereocenters. The van der Waals surface area contributed by atoms with Gasteiger partial charge in [-0.25, -0.2) is 4.39 Å². The zero-order valence-corrected chi connectivity index (χ0v) is 10.7. The van der Waals surface area contributed by atoms with E-state index in [2.05, 4.69) is 13.8 Å². The zero-order chi connectivity index (χ0) is 12.8. The molecular formula is C14H20FNO. The highest BCUT2D eigenvalue weighted by atomic mass is 19.1. The van der Waals surface area contributed by atoms with Gasteiger partial charge in [-0.15, -0.1) is 0 Å². The SMILES string of the molecule is CCC(C)CN(CC)C(=O)c1ccccc1F. The third-order valence-electron chi connectivity index (χ3n) is 3.00. The minimum Gasteiger partial charge on any atom is -0.339 e. The lowest BCUT2D eigenvalue weighted by molar-refractivity contribution is 0.0736. The first kappa shape index (κ1) is 13.7. The van der Waals surface area contributed by atoms with Crippen LogP contribution in [0.15, 0.2) is 24.3 Å². The molecule has 1 aromatic carbocycles. The highest BCUT2D eigenvalue weighted by Crippen LogP contribution is 2.12. The van der Waals surface area contributed by atoms with Crippen molar-refractivity contribution >= 4 is 5.91 Å². The fourth-order valence-electron chi connectivity index (χ4n) is 1.67. The first-order chi connectivity index (χ1) is 8.10. The molecule has 0 radical (unpaired) electrons. The molecule has 0 heterocycles. The molecule has 0 bridgehead atoms. The Morgan fingerprint density at radius 1 is 1.35 bits per heavy atom. The number of carbonyl (C=O) groups excluding carboxylic acids is 1. The molecule has 1 rings (SSSR count). The molecule has 1 aromatic rings. The fourth-order valence-corrected chi connectivity index (χ4v) is 1.67. The monoisotopic (exact) mass is 237 g/mol. The standard InChI is InChI=1S/C14H20FNO/c1-4-11(3)10-16(5-2)14(17)12-8-6-7-9-13(12)15/h6-9,11H,4-5,10H2,1-3H3. The van der Waals surface area contributed by atoms with E-state index >= 15 is 0 Å². The van der Waals surface area contributed by atoms with Gasteiger partial charge < -0.3 is 4.90 Å². The van der Waals surface area contributed by atoms with Gasteiger partial charge in [0.05, 0.1) is 5.56 Å². The van der Waals surface area contributed by atoms with E-state index in [1.165, 1.54) is 12.1 Å². The molecule has 0 aliphatic carbocycles. The molecule has 0 aromatic heterocycles. The van der Waals surface area contributed by atoms with Crippen molar-refractivity contribution in [1.29, 1.82) is 0 Å². The Bertz CT molecular complexity index is 378. The van der Waals surface area contributed by atoms with Gasteiger partial charge in [0.1, 0.15) is 5.82 Å². The van der Waals surface area contributed by atoms with Crippen LogP contribution in [0, 0.1) is 11.7 Å². The molecule has 0 saturated heterocycles. The van der Waals surface area contributed by atoms with Gasteiger partial charge in [0, 0.05) is 13.1 Å². The predicted octanol–water partition coefficient (Wildman–Crippen LogP) is 3.33. The molecule has 0 aliphatic rings. The molecule has 1 amide bonds. The molecule has 2 nitrogen and oxygen atoms in total. The Hall–Kier alpha value is -1.38. The van der Waals surface area contributed by atoms with Crippen LogP contribution < -0.4 is 0 Å². The van der Waals surface area contributed by atoms with E-state index in [1.807, 2.05) is 6.92 Å². The molecule has 0 N–H and O–H groups in total. The summed E-state index contributed by atoms with van der Waals surface area (Å²) in [5, 5.41) is 0. The van der Waals surface area contributed by atoms with E-state index < -0.39 is 5.82 Å². The summed E-state index contributed by atoms with van der Waals surface area (Å²) in [6.45, 7) is 7.39. The number of carbonyl (C=O) groups is 1. The van der Waals surface area contributed by atoms with Gasteiger partial charge in [-0.3, -0.25) is 4.79 Å². The smallest absolute Gasteiger partial charge is 0.256 e. The maximum absolute atomic E-state index is 13.5. The second-order valence-electron chi connectivity index (χ2n) is 4.34. The Labute approximate surface area is 102 Å². The van der Waals surface area contributed by atoms with E-state index in [0.29, 0.717) is 19.0 Å². The summed E-state index contributed by atoms with van der Waals surface area (Å²) in [7, 11) is 0. The third kappa shape index (κ3) is 3.55. The zero-order valence-electron chi connectivity index (χ0n) is 10.7. The van der Waals surface area contributed by atoms with E-state index in [1.54, 1.807) is 17.0 Å². The van der Waals surface area contributed by atoms with Gasteiger partial charge in [-0.1, -0.05) is 32.4 Å². The van der Waals surface area contributed by atoms with Gasteiger partial charge in [0.2, 0.25) is 0 Å². The summed E-state index contributed by atoms with van der Waals surface area (Å²) in [6.07, 6.45) is 1.01. The first-order valence-corrected chi connectivity index (χ1v) is 6.13. The number of halogens is 1. The quantitative estimate of drug-likeness (QED) is 0.769. The van der Waals surface area contributed by atoms with Crippen LogP contribution in [0.5, 0.6) is 0 Å². The van der Waals surface area contributed by atoms with Gasteiger partial charge >= 0.3 is 0 Å². The number of rotatable bonds is 5. The number of benzene rings is 1. The van der Waals surface area contributed by atoms with Crippen LogP contribution >= 0.6 is 0 Å². The van der Waals surface area contributed by atoms with Crippen molar-refractivity contribution < 1.29 is 9.18 Å². The van der Waals surface area contributed by atoms with Crippen LogP contribution in [0.1, 0.15) is 37.6 Å².